The van der Waals surface area contributed by atoms with Crippen molar-refractivity contribution < 1.29 is 5.11 Å². The Morgan fingerprint density at radius 1 is 1.71 bits per heavy atom. The lowest BCUT2D eigenvalue weighted by molar-refractivity contribution is 0.149. The molecule has 1 atom stereocenters. The molecule has 1 rings (SSSR count). The maximum Gasteiger partial charge on any atom is 0.0567 e. The summed E-state index contributed by atoms with van der Waals surface area (Å²) >= 11 is 0. The summed E-state index contributed by atoms with van der Waals surface area (Å²) in [5.41, 5.74) is 0. The summed E-state index contributed by atoms with van der Waals surface area (Å²) in [7, 11) is 0. The Kier molecular flexibility index (Phi) is 1.65. The molecule has 1 aliphatic rings. The minimum atomic E-state index is -0.0822. The standard InChI is InChI=1S/C5H10NO/c7-5-1-3-6-4-2-5/h3,5-7H,1-2,4H2. The number of aliphatic hydroxyl groups is 1. The van der Waals surface area contributed by atoms with Gasteiger partial charge in [0.1, 0.15) is 0 Å². The van der Waals surface area contributed by atoms with Crippen LogP contribution in [0.25, 0.3) is 0 Å². The zero-order chi connectivity index (χ0) is 5.11. The van der Waals surface area contributed by atoms with E-state index in [1.807, 2.05) is 6.54 Å². The van der Waals surface area contributed by atoms with Crippen LogP contribution in [0.1, 0.15) is 12.8 Å². The summed E-state index contributed by atoms with van der Waals surface area (Å²) in [6, 6.07) is 0. The molecule has 0 aromatic rings. The van der Waals surface area contributed by atoms with Gasteiger partial charge in [0.15, 0.2) is 0 Å². The number of piperidine rings is 1. The summed E-state index contributed by atoms with van der Waals surface area (Å²) in [6.45, 7) is 2.84. The fourth-order valence-corrected chi connectivity index (χ4v) is 0.689. The molecule has 0 spiro atoms. The maximum absolute atomic E-state index is 8.84. The predicted molar refractivity (Wildman–Crippen MR) is 27.5 cm³/mol. The van der Waals surface area contributed by atoms with E-state index in [1.165, 1.54) is 0 Å². The quantitative estimate of drug-likeness (QED) is 0.445. The van der Waals surface area contributed by atoms with Crippen LogP contribution < -0.4 is 5.32 Å². The van der Waals surface area contributed by atoms with Gasteiger partial charge in [0.25, 0.3) is 0 Å². The van der Waals surface area contributed by atoms with Crippen LogP contribution in [0.5, 0.6) is 0 Å². The summed E-state index contributed by atoms with van der Waals surface area (Å²) in [4.78, 5) is 0. The van der Waals surface area contributed by atoms with Crippen LogP contribution in [0.15, 0.2) is 0 Å². The van der Waals surface area contributed by atoms with E-state index >= 15 is 0 Å². The second-order valence-corrected chi connectivity index (χ2v) is 1.84. The largest absolute Gasteiger partial charge is 0.393 e. The smallest absolute Gasteiger partial charge is 0.0567 e. The first kappa shape index (κ1) is 5.06. The summed E-state index contributed by atoms with van der Waals surface area (Å²) in [5.74, 6) is 0. The van der Waals surface area contributed by atoms with Gasteiger partial charge < -0.3 is 10.4 Å². The first-order chi connectivity index (χ1) is 3.39. The Morgan fingerprint density at radius 3 is 2.86 bits per heavy atom. The van der Waals surface area contributed by atoms with Gasteiger partial charge in [-0.2, -0.15) is 0 Å². The van der Waals surface area contributed by atoms with Crippen molar-refractivity contribution in [1.82, 2.24) is 5.32 Å². The Balaban J connectivity index is 2.12. The lowest BCUT2D eigenvalue weighted by Crippen LogP contribution is -2.26. The fraction of sp³-hybridized carbons (Fsp3) is 0.800. The number of hydrogen-bond donors (Lipinski definition) is 2. The lowest BCUT2D eigenvalue weighted by Gasteiger charge is -2.15. The van der Waals surface area contributed by atoms with E-state index in [0.29, 0.717) is 0 Å². The van der Waals surface area contributed by atoms with Gasteiger partial charge in [-0.3, -0.25) is 0 Å². The average Bonchev–Trinajstić information content (AvgIpc) is 1.69. The zero-order valence-corrected chi connectivity index (χ0v) is 4.22. The summed E-state index contributed by atoms with van der Waals surface area (Å²) in [6.07, 6.45) is 1.62. The molecular formula is C5H10NO. The van der Waals surface area contributed by atoms with E-state index in [-0.39, 0.29) is 6.10 Å². The highest BCUT2D eigenvalue weighted by atomic mass is 16.3. The monoisotopic (exact) mass is 100 g/mol. The normalized spacial score (nSPS) is 25.3. The molecule has 0 aliphatic carbocycles. The topological polar surface area (TPSA) is 32.3 Å². The second kappa shape index (κ2) is 2.28. The van der Waals surface area contributed by atoms with Gasteiger partial charge in [-0.05, 0) is 19.4 Å². The Bertz CT molecular complexity index is 50.0. The molecule has 1 aliphatic heterocycles. The Hall–Kier alpha value is -0.0800. The van der Waals surface area contributed by atoms with Crippen LogP contribution in [-0.4, -0.2) is 17.8 Å². The van der Waals surface area contributed by atoms with E-state index in [0.717, 1.165) is 19.4 Å². The lowest BCUT2D eigenvalue weighted by atomic mass is 10.1. The molecule has 1 unspecified atom stereocenters. The first-order valence-corrected chi connectivity index (χ1v) is 2.63. The molecule has 0 bridgehead atoms. The zero-order valence-electron chi connectivity index (χ0n) is 4.22. The van der Waals surface area contributed by atoms with Crippen molar-refractivity contribution in [3.05, 3.63) is 6.54 Å². The van der Waals surface area contributed by atoms with Gasteiger partial charge in [-0.1, -0.05) is 0 Å². The molecule has 7 heavy (non-hydrogen) atoms. The highest BCUT2D eigenvalue weighted by molar-refractivity contribution is 4.74. The van der Waals surface area contributed by atoms with Gasteiger partial charge in [-0.15, -0.1) is 0 Å². The van der Waals surface area contributed by atoms with Gasteiger partial charge in [-0.25, -0.2) is 0 Å². The molecule has 0 amide bonds. The maximum atomic E-state index is 8.84. The number of nitrogens with one attached hydrogen (secondary N) is 1. The van der Waals surface area contributed by atoms with Crippen molar-refractivity contribution in [2.45, 2.75) is 18.9 Å². The van der Waals surface area contributed by atoms with Crippen LogP contribution in [0.2, 0.25) is 0 Å². The highest BCUT2D eigenvalue weighted by Gasteiger charge is 2.07. The average molecular weight is 100 g/mol. The Morgan fingerprint density at radius 2 is 2.57 bits per heavy atom. The SMILES string of the molecule is OC1C[CH]NCC1. The van der Waals surface area contributed by atoms with Crippen molar-refractivity contribution in [1.29, 1.82) is 0 Å². The van der Waals surface area contributed by atoms with E-state index in [4.69, 9.17) is 5.11 Å². The van der Waals surface area contributed by atoms with E-state index in [1.54, 1.807) is 0 Å². The highest BCUT2D eigenvalue weighted by Crippen LogP contribution is 2.02. The van der Waals surface area contributed by atoms with Crippen molar-refractivity contribution >= 4 is 0 Å². The van der Waals surface area contributed by atoms with Crippen LogP contribution in [0.3, 0.4) is 0 Å². The third-order valence-corrected chi connectivity index (χ3v) is 1.16. The fourth-order valence-electron chi connectivity index (χ4n) is 0.689. The van der Waals surface area contributed by atoms with Gasteiger partial charge in [0.05, 0.1) is 6.10 Å². The van der Waals surface area contributed by atoms with Gasteiger partial charge in [0.2, 0.25) is 0 Å². The van der Waals surface area contributed by atoms with E-state index in [9.17, 15) is 0 Å². The number of rotatable bonds is 0. The minimum Gasteiger partial charge on any atom is -0.393 e. The van der Waals surface area contributed by atoms with Crippen LogP contribution in [0.4, 0.5) is 0 Å². The summed E-state index contributed by atoms with van der Waals surface area (Å²) in [5, 5.41) is 11.9. The van der Waals surface area contributed by atoms with Crippen molar-refractivity contribution in [3.8, 4) is 0 Å². The van der Waals surface area contributed by atoms with E-state index < -0.39 is 0 Å². The number of hydrogen-bond acceptors (Lipinski definition) is 2. The molecule has 0 saturated carbocycles. The van der Waals surface area contributed by atoms with Gasteiger partial charge in [0, 0.05) is 6.54 Å². The Labute approximate surface area is 43.5 Å². The predicted octanol–water partition coefficient (Wildman–Crippen LogP) is -0.108. The van der Waals surface area contributed by atoms with E-state index in [2.05, 4.69) is 5.32 Å². The molecule has 1 radical (unpaired) electrons. The van der Waals surface area contributed by atoms with Crippen LogP contribution in [-0.2, 0) is 0 Å². The first-order valence-electron chi connectivity index (χ1n) is 2.63. The molecule has 0 aromatic heterocycles. The molecular weight excluding hydrogens is 90.1 g/mol. The second-order valence-electron chi connectivity index (χ2n) is 1.84. The van der Waals surface area contributed by atoms with Gasteiger partial charge >= 0.3 is 0 Å². The molecule has 41 valence electrons. The van der Waals surface area contributed by atoms with Crippen molar-refractivity contribution in [2.24, 2.45) is 0 Å². The number of aliphatic hydroxyl groups excluding tert-OH is 1. The molecule has 0 aromatic carbocycles. The minimum absolute atomic E-state index is 0.0822. The van der Waals surface area contributed by atoms with Crippen LogP contribution in [0, 0.1) is 6.54 Å². The molecule has 1 heterocycles. The molecule has 1 fully saturated rings. The molecule has 2 nitrogen and oxygen atoms in total. The van der Waals surface area contributed by atoms with Crippen molar-refractivity contribution in [3.63, 3.8) is 0 Å². The van der Waals surface area contributed by atoms with Crippen molar-refractivity contribution in [2.75, 3.05) is 6.54 Å². The summed E-state index contributed by atoms with van der Waals surface area (Å²) < 4.78 is 0. The third kappa shape index (κ3) is 1.45. The third-order valence-electron chi connectivity index (χ3n) is 1.16. The molecule has 1 saturated heterocycles. The van der Waals surface area contributed by atoms with Crippen LogP contribution >= 0.6 is 0 Å². The molecule has 2 heteroatoms. The molecule has 2 N–H and O–H groups in total.